The Bertz CT molecular complexity index is 358. The van der Waals surface area contributed by atoms with E-state index in [4.69, 9.17) is 0 Å². The number of rotatable bonds is 6. The Hall–Kier alpha value is -1.02. The lowest BCUT2D eigenvalue weighted by atomic mass is 10.0. The zero-order chi connectivity index (χ0) is 13.5. The van der Waals surface area contributed by atoms with E-state index in [1.807, 2.05) is 0 Å². The summed E-state index contributed by atoms with van der Waals surface area (Å²) in [7, 11) is 2.21. The predicted octanol–water partition coefficient (Wildman–Crippen LogP) is 3.93. The summed E-state index contributed by atoms with van der Waals surface area (Å²) in [5.74, 6) is 0. The van der Waals surface area contributed by atoms with E-state index in [0.29, 0.717) is 6.04 Å². The second kappa shape index (κ2) is 7.54. The molecule has 1 atom stereocenters. The van der Waals surface area contributed by atoms with Crippen molar-refractivity contribution in [3.63, 3.8) is 0 Å². The summed E-state index contributed by atoms with van der Waals surface area (Å²) in [5.41, 5.74) is 2.75. The van der Waals surface area contributed by atoms with Crippen molar-refractivity contribution in [2.45, 2.75) is 51.5 Å². The molecule has 0 aliphatic carbocycles. The van der Waals surface area contributed by atoms with E-state index in [1.165, 1.54) is 56.3 Å². The largest absolute Gasteiger partial charge is 0.381 e. The summed E-state index contributed by atoms with van der Waals surface area (Å²) in [6, 6.07) is 9.67. The first kappa shape index (κ1) is 14.4. The van der Waals surface area contributed by atoms with Crippen LogP contribution in [0.1, 0.15) is 44.6 Å². The molecule has 1 saturated heterocycles. The van der Waals surface area contributed by atoms with Crippen LogP contribution in [0.5, 0.6) is 0 Å². The van der Waals surface area contributed by atoms with Crippen LogP contribution in [0.4, 0.5) is 5.69 Å². The Morgan fingerprint density at radius 2 is 2.00 bits per heavy atom. The van der Waals surface area contributed by atoms with Gasteiger partial charge in [0.2, 0.25) is 0 Å². The number of hydrogen-bond donors (Lipinski definition) is 1. The maximum atomic E-state index is 3.66. The lowest BCUT2D eigenvalue weighted by molar-refractivity contribution is 0.261. The number of hydrogen-bond acceptors (Lipinski definition) is 2. The van der Waals surface area contributed by atoms with Gasteiger partial charge in [0.25, 0.3) is 0 Å². The first-order chi connectivity index (χ1) is 9.28. The van der Waals surface area contributed by atoms with Gasteiger partial charge in [-0.05, 0) is 57.0 Å². The van der Waals surface area contributed by atoms with Gasteiger partial charge in [0.15, 0.2) is 0 Å². The van der Waals surface area contributed by atoms with E-state index >= 15 is 0 Å². The molecule has 2 rings (SSSR count). The number of likely N-dealkylation sites (tertiary alicyclic amines) is 1. The highest BCUT2D eigenvalue weighted by atomic mass is 15.1. The number of unbranched alkanes of at least 4 members (excludes halogenated alkanes) is 2. The molecule has 1 aliphatic rings. The molecule has 1 heterocycles. The lowest BCUT2D eigenvalue weighted by Gasteiger charge is -2.30. The first-order valence-electron chi connectivity index (χ1n) is 7.82. The number of likely N-dealkylation sites (N-methyl/N-ethyl adjacent to an activating group) is 1. The van der Waals surface area contributed by atoms with Gasteiger partial charge in [0.05, 0.1) is 0 Å². The maximum Gasteiger partial charge on any atom is 0.0388 e. The minimum absolute atomic E-state index is 0.615. The van der Waals surface area contributed by atoms with Crippen molar-refractivity contribution in [1.82, 2.24) is 4.90 Å². The molecule has 0 spiro atoms. The molecule has 0 bridgehead atoms. The Morgan fingerprint density at radius 1 is 1.21 bits per heavy atom. The summed E-state index contributed by atoms with van der Waals surface area (Å²) < 4.78 is 0. The average Bonchev–Trinajstić information content (AvgIpc) is 2.41. The van der Waals surface area contributed by atoms with Crippen LogP contribution in [-0.4, -0.2) is 31.1 Å². The normalized spacial score (nSPS) is 20.4. The topological polar surface area (TPSA) is 15.3 Å². The van der Waals surface area contributed by atoms with Crippen molar-refractivity contribution in [2.24, 2.45) is 0 Å². The third-order valence-electron chi connectivity index (χ3n) is 4.02. The molecule has 0 saturated carbocycles. The van der Waals surface area contributed by atoms with Crippen LogP contribution >= 0.6 is 0 Å². The lowest BCUT2D eigenvalue weighted by Crippen LogP contribution is -2.39. The molecule has 0 radical (unpaired) electrons. The minimum atomic E-state index is 0.615. The van der Waals surface area contributed by atoms with Gasteiger partial charge in [-0.3, -0.25) is 0 Å². The third kappa shape index (κ3) is 4.87. The molecule has 1 unspecified atom stereocenters. The van der Waals surface area contributed by atoms with Gasteiger partial charge < -0.3 is 10.2 Å². The second-order valence-electron chi connectivity index (χ2n) is 5.90. The molecular weight excluding hydrogens is 232 g/mol. The molecular formula is C17H28N2. The quantitative estimate of drug-likeness (QED) is 0.780. The van der Waals surface area contributed by atoms with Crippen LogP contribution in [0.25, 0.3) is 0 Å². The summed E-state index contributed by atoms with van der Waals surface area (Å²) in [6.07, 6.45) is 7.78. The standard InChI is InChI=1S/C17H28N2/c1-3-4-5-7-15-9-11-16(12-10-15)18-17-8-6-13-19(2)14-17/h9-12,17-18H,3-8,13-14H2,1-2H3. The number of nitrogens with one attached hydrogen (secondary N) is 1. The Labute approximate surface area is 118 Å². The fourth-order valence-corrected chi connectivity index (χ4v) is 2.87. The molecule has 19 heavy (non-hydrogen) atoms. The number of nitrogens with zero attached hydrogens (tertiary/aromatic N) is 1. The Balaban J connectivity index is 1.81. The molecule has 0 aromatic heterocycles. The van der Waals surface area contributed by atoms with Gasteiger partial charge in [-0.1, -0.05) is 31.9 Å². The monoisotopic (exact) mass is 260 g/mol. The summed E-state index contributed by atoms with van der Waals surface area (Å²) in [5, 5.41) is 3.66. The van der Waals surface area contributed by atoms with Crippen LogP contribution in [0.3, 0.4) is 0 Å². The number of aryl methyl sites for hydroxylation is 1. The van der Waals surface area contributed by atoms with Gasteiger partial charge in [-0.25, -0.2) is 0 Å². The smallest absolute Gasteiger partial charge is 0.0388 e. The van der Waals surface area contributed by atoms with Crippen LogP contribution in [0.15, 0.2) is 24.3 Å². The van der Waals surface area contributed by atoms with Crippen LogP contribution in [0.2, 0.25) is 0 Å². The fraction of sp³-hybridized carbons (Fsp3) is 0.647. The Kier molecular flexibility index (Phi) is 5.71. The van der Waals surface area contributed by atoms with E-state index < -0.39 is 0 Å². The second-order valence-corrected chi connectivity index (χ2v) is 5.90. The summed E-state index contributed by atoms with van der Waals surface area (Å²) in [6.45, 7) is 4.67. The van der Waals surface area contributed by atoms with Gasteiger partial charge in [0, 0.05) is 18.3 Å². The molecule has 1 aromatic rings. The average molecular weight is 260 g/mol. The third-order valence-corrected chi connectivity index (χ3v) is 4.02. The highest BCUT2D eigenvalue weighted by Gasteiger charge is 2.16. The van der Waals surface area contributed by atoms with E-state index in [-0.39, 0.29) is 0 Å². The summed E-state index contributed by atoms with van der Waals surface area (Å²) >= 11 is 0. The molecule has 1 aliphatic heterocycles. The Morgan fingerprint density at radius 3 is 2.68 bits per heavy atom. The van der Waals surface area contributed by atoms with Crippen LogP contribution in [0, 0.1) is 0 Å². The molecule has 0 amide bonds. The number of piperidine rings is 1. The zero-order valence-electron chi connectivity index (χ0n) is 12.5. The first-order valence-corrected chi connectivity index (χ1v) is 7.82. The van der Waals surface area contributed by atoms with Crippen molar-refractivity contribution in [3.05, 3.63) is 29.8 Å². The van der Waals surface area contributed by atoms with E-state index in [0.717, 1.165) is 6.54 Å². The minimum Gasteiger partial charge on any atom is -0.381 e. The highest BCUT2D eigenvalue weighted by molar-refractivity contribution is 5.45. The molecule has 106 valence electrons. The maximum absolute atomic E-state index is 3.66. The van der Waals surface area contributed by atoms with Gasteiger partial charge in [0.1, 0.15) is 0 Å². The molecule has 1 N–H and O–H groups in total. The molecule has 2 nitrogen and oxygen atoms in total. The van der Waals surface area contributed by atoms with Crippen molar-refractivity contribution in [3.8, 4) is 0 Å². The van der Waals surface area contributed by atoms with Gasteiger partial charge in [-0.2, -0.15) is 0 Å². The molecule has 2 heteroatoms. The van der Waals surface area contributed by atoms with Crippen molar-refractivity contribution in [2.75, 3.05) is 25.5 Å². The highest BCUT2D eigenvalue weighted by Crippen LogP contribution is 2.17. The SMILES string of the molecule is CCCCCc1ccc(NC2CCCN(C)C2)cc1. The zero-order valence-corrected chi connectivity index (χ0v) is 12.5. The van der Waals surface area contributed by atoms with E-state index in [9.17, 15) is 0 Å². The van der Waals surface area contributed by atoms with Crippen molar-refractivity contribution < 1.29 is 0 Å². The van der Waals surface area contributed by atoms with Gasteiger partial charge in [-0.15, -0.1) is 0 Å². The van der Waals surface area contributed by atoms with E-state index in [2.05, 4.69) is 48.5 Å². The van der Waals surface area contributed by atoms with Crippen molar-refractivity contribution in [1.29, 1.82) is 0 Å². The number of anilines is 1. The molecule has 1 aromatic carbocycles. The van der Waals surface area contributed by atoms with Crippen molar-refractivity contribution >= 4 is 5.69 Å². The van der Waals surface area contributed by atoms with Gasteiger partial charge >= 0.3 is 0 Å². The number of benzene rings is 1. The predicted molar refractivity (Wildman–Crippen MR) is 83.8 cm³/mol. The fourth-order valence-electron chi connectivity index (χ4n) is 2.87. The van der Waals surface area contributed by atoms with Crippen LogP contribution < -0.4 is 5.32 Å². The molecule has 1 fully saturated rings. The van der Waals surface area contributed by atoms with Crippen LogP contribution in [-0.2, 0) is 6.42 Å². The summed E-state index contributed by atoms with van der Waals surface area (Å²) in [4.78, 5) is 2.42. The van der Waals surface area contributed by atoms with E-state index in [1.54, 1.807) is 0 Å².